The SMILES string of the molecule is CCCCNc1ccc(NC(=O)CCC(=O)O)cn1. The highest BCUT2D eigenvalue weighted by Gasteiger charge is 2.05. The number of aliphatic carboxylic acids is 1. The topological polar surface area (TPSA) is 91.3 Å². The molecule has 3 N–H and O–H groups in total. The third kappa shape index (κ3) is 6.40. The van der Waals surface area contributed by atoms with Gasteiger partial charge in [0.25, 0.3) is 0 Å². The van der Waals surface area contributed by atoms with Crippen LogP contribution in [0.2, 0.25) is 0 Å². The molecule has 0 radical (unpaired) electrons. The Kier molecular flexibility index (Phi) is 6.35. The molecule has 0 saturated carbocycles. The van der Waals surface area contributed by atoms with E-state index in [9.17, 15) is 9.59 Å². The lowest BCUT2D eigenvalue weighted by molar-refractivity contribution is -0.138. The van der Waals surface area contributed by atoms with Crippen molar-refractivity contribution in [3.8, 4) is 0 Å². The molecule has 6 heteroatoms. The molecule has 0 aliphatic rings. The quantitative estimate of drug-likeness (QED) is 0.626. The Morgan fingerprint density at radius 3 is 2.68 bits per heavy atom. The van der Waals surface area contributed by atoms with Gasteiger partial charge in [-0.3, -0.25) is 9.59 Å². The van der Waals surface area contributed by atoms with Crippen molar-refractivity contribution in [2.45, 2.75) is 32.6 Å². The highest BCUT2D eigenvalue weighted by molar-refractivity contribution is 5.92. The first-order valence-corrected chi connectivity index (χ1v) is 6.33. The van der Waals surface area contributed by atoms with Crippen molar-refractivity contribution in [1.82, 2.24) is 4.98 Å². The molecule has 0 unspecified atom stereocenters. The van der Waals surface area contributed by atoms with Crippen LogP contribution in [0.25, 0.3) is 0 Å². The Morgan fingerprint density at radius 2 is 2.11 bits per heavy atom. The first-order chi connectivity index (χ1) is 9.11. The minimum Gasteiger partial charge on any atom is -0.481 e. The third-order valence-corrected chi connectivity index (χ3v) is 2.45. The van der Waals surface area contributed by atoms with Crippen molar-refractivity contribution in [3.05, 3.63) is 18.3 Å². The summed E-state index contributed by atoms with van der Waals surface area (Å²) in [6.45, 7) is 2.98. The predicted molar refractivity (Wildman–Crippen MR) is 73.1 cm³/mol. The Morgan fingerprint density at radius 1 is 1.32 bits per heavy atom. The number of nitrogens with zero attached hydrogens (tertiary/aromatic N) is 1. The van der Waals surface area contributed by atoms with Crippen molar-refractivity contribution in [3.63, 3.8) is 0 Å². The van der Waals surface area contributed by atoms with E-state index in [1.807, 2.05) is 0 Å². The second kappa shape index (κ2) is 8.07. The Bertz CT molecular complexity index is 418. The molecule has 1 aromatic heterocycles. The number of anilines is 2. The van der Waals surface area contributed by atoms with Crippen molar-refractivity contribution in [1.29, 1.82) is 0 Å². The number of amides is 1. The molecule has 0 aliphatic heterocycles. The van der Waals surface area contributed by atoms with Crippen molar-refractivity contribution < 1.29 is 14.7 Å². The largest absolute Gasteiger partial charge is 0.481 e. The zero-order valence-corrected chi connectivity index (χ0v) is 11.0. The smallest absolute Gasteiger partial charge is 0.303 e. The van der Waals surface area contributed by atoms with Gasteiger partial charge in [-0.05, 0) is 18.6 Å². The number of nitrogens with one attached hydrogen (secondary N) is 2. The van der Waals surface area contributed by atoms with E-state index in [-0.39, 0.29) is 18.7 Å². The third-order valence-electron chi connectivity index (χ3n) is 2.45. The number of hydrogen-bond donors (Lipinski definition) is 3. The van der Waals surface area contributed by atoms with E-state index in [4.69, 9.17) is 5.11 Å². The molecular weight excluding hydrogens is 246 g/mol. The average molecular weight is 265 g/mol. The fourth-order valence-electron chi connectivity index (χ4n) is 1.41. The number of carboxylic acids is 1. The molecule has 0 spiro atoms. The lowest BCUT2D eigenvalue weighted by Crippen LogP contribution is -2.13. The Labute approximate surface area is 112 Å². The van der Waals surface area contributed by atoms with Crippen LogP contribution in [0.4, 0.5) is 11.5 Å². The fraction of sp³-hybridized carbons (Fsp3) is 0.462. The number of carbonyl (C=O) groups excluding carboxylic acids is 1. The number of hydrogen-bond acceptors (Lipinski definition) is 4. The Balaban J connectivity index is 2.39. The van der Waals surface area contributed by atoms with Gasteiger partial charge in [-0.2, -0.15) is 0 Å². The van der Waals surface area contributed by atoms with Gasteiger partial charge < -0.3 is 15.7 Å². The number of pyridine rings is 1. The summed E-state index contributed by atoms with van der Waals surface area (Å²) in [4.78, 5) is 25.9. The molecule has 0 aromatic carbocycles. The van der Waals surface area contributed by atoms with Crippen LogP contribution in [0, 0.1) is 0 Å². The Hall–Kier alpha value is -2.11. The molecule has 104 valence electrons. The van der Waals surface area contributed by atoms with Gasteiger partial charge in [-0.1, -0.05) is 13.3 Å². The molecular formula is C13H19N3O3. The van der Waals surface area contributed by atoms with Gasteiger partial charge in [0.1, 0.15) is 5.82 Å². The van der Waals surface area contributed by atoms with E-state index in [0.717, 1.165) is 25.2 Å². The van der Waals surface area contributed by atoms with Crippen molar-refractivity contribution in [2.75, 3.05) is 17.2 Å². The number of unbranched alkanes of at least 4 members (excludes halogenated alkanes) is 1. The van der Waals surface area contributed by atoms with E-state index in [0.29, 0.717) is 5.69 Å². The van der Waals surface area contributed by atoms with E-state index in [2.05, 4.69) is 22.5 Å². The molecule has 1 heterocycles. The van der Waals surface area contributed by atoms with Crippen LogP contribution in [-0.4, -0.2) is 28.5 Å². The lowest BCUT2D eigenvalue weighted by Gasteiger charge is -2.07. The summed E-state index contributed by atoms with van der Waals surface area (Å²) in [7, 11) is 0. The summed E-state index contributed by atoms with van der Waals surface area (Å²) >= 11 is 0. The number of carboxylic acid groups (broad SMARTS) is 1. The molecule has 1 rings (SSSR count). The number of aromatic nitrogens is 1. The maximum absolute atomic E-state index is 11.4. The molecule has 1 amide bonds. The standard InChI is InChI=1S/C13H19N3O3/c1-2-3-8-14-11-5-4-10(9-15-11)16-12(17)6-7-13(18)19/h4-5,9H,2-3,6-8H2,1H3,(H,14,15)(H,16,17)(H,18,19). The molecule has 19 heavy (non-hydrogen) atoms. The fourth-order valence-corrected chi connectivity index (χ4v) is 1.41. The van der Waals surface area contributed by atoms with Gasteiger partial charge in [0.2, 0.25) is 5.91 Å². The van der Waals surface area contributed by atoms with E-state index >= 15 is 0 Å². The lowest BCUT2D eigenvalue weighted by atomic mass is 10.3. The van der Waals surface area contributed by atoms with Gasteiger partial charge in [0.05, 0.1) is 18.3 Å². The van der Waals surface area contributed by atoms with Crippen LogP contribution < -0.4 is 10.6 Å². The van der Waals surface area contributed by atoms with Crippen LogP contribution >= 0.6 is 0 Å². The maximum atomic E-state index is 11.4. The zero-order chi connectivity index (χ0) is 14.1. The first-order valence-electron chi connectivity index (χ1n) is 6.33. The van der Waals surface area contributed by atoms with E-state index in [1.54, 1.807) is 18.3 Å². The van der Waals surface area contributed by atoms with Gasteiger partial charge in [-0.25, -0.2) is 4.98 Å². The summed E-state index contributed by atoms with van der Waals surface area (Å²) in [5.41, 5.74) is 0.566. The second-order valence-electron chi connectivity index (χ2n) is 4.15. The molecule has 0 saturated heterocycles. The van der Waals surface area contributed by atoms with E-state index < -0.39 is 5.97 Å². The molecule has 0 bridgehead atoms. The van der Waals surface area contributed by atoms with Crippen molar-refractivity contribution >= 4 is 23.4 Å². The monoisotopic (exact) mass is 265 g/mol. The number of carbonyl (C=O) groups is 2. The van der Waals surface area contributed by atoms with E-state index in [1.165, 1.54) is 0 Å². The molecule has 0 fully saturated rings. The summed E-state index contributed by atoms with van der Waals surface area (Å²) in [5, 5.41) is 14.2. The van der Waals surface area contributed by atoms with Crippen LogP contribution in [-0.2, 0) is 9.59 Å². The number of rotatable bonds is 8. The van der Waals surface area contributed by atoms with Crippen LogP contribution in [0.15, 0.2) is 18.3 Å². The molecule has 0 atom stereocenters. The average Bonchev–Trinajstić information content (AvgIpc) is 2.39. The van der Waals surface area contributed by atoms with Gasteiger partial charge in [0, 0.05) is 13.0 Å². The normalized spacial score (nSPS) is 9.95. The van der Waals surface area contributed by atoms with Gasteiger partial charge >= 0.3 is 5.97 Å². The molecule has 0 aliphatic carbocycles. The zero-order valence-electron chi connectivity index (χ0n) is 11.0. The molecule has 6 nitrogen and oxygen atoms in total. The highest BCUT2D eigenvalue weighted by atomic mass is 16.4. The predicted octanol–water partition coefficient (Wildman–Crippen LogP) is 2.10. The van der Waals surface area contributed by atoms with Crippen LogP contribution in [0.5, 0.6) is 0 Å². The maximum Gasteiger partial charge on any atom is 0.303 e. The summed E-state index contributed by atoms with van der Waals surface area (Å²) in [6.07, 6.45) is 3.54. The summed E-state index contributed by atoms with van der Waals surface area (Å²) in [5.74, 6) is -0.545. The second-order valence-corrected chi connectivity index (χ2v) is 4.15. The van der Waals surface area contributed by atoms with Crippen LogP contribution in [0.3, 0.4) is 0 Å². The van der Waals surface area contributed by atoms with Gasteiger partial charge in [-0.15, -0.1) is 0 Å². The van der Waals surface area contributed by atoms with Crippen LogP contribution in [0.1, 0.15) is 32.6 Å². The van der Waals surface area contributed by atoms with Gasteiger partial charge in [0.15, 0.2) is 0 Å². The van der Waals surface area contributed by atoms with Crippen molar-refractivity contribution in [2.24, 2.45) is 0 Å². The summed E-state index contributed by atoms with van der Waals surface area (Å²) in [6, 6.07) is 3.52. The summed E-state index contributed by atoms with van der Waals surface area (Å²) < 4.78 is 0. The first kappa shape index (κ1) is 14.9. The minimum atomic E-state index is -0.983. The highest BCUT2D eigenvalue weighted by Crippen LogP contribution is 2.10. The molecule has 1 aromatic rings. The minimum absolute atomic E-state index is 0.0359.